The van der Waals surface area contributed by atoms with Gasteiger partial charge in [-0.15, -0.1) is 0 Å². The Labute approximate surface area is 172 Å². The number of carbonyl (C=O) groups excluding carboxylic acids is 1. The van der Waals surface area contributed by atoms with Crippen LogP contribution in [-0.2, 0) is 19.6 Å². The van der Waals surface area contributed by atoms with Crippen LogP contribution in [0.4, 0.5) is 0 Å². The van der Waals surface area contributed by atoms with Gasteiger partial charge in [0.25, 0.3) is 0 Å². The van der Waals surface area contributed by atoms with E-state index in [2.05, 4.69) is 4.72 Å². The summed E-state index contributed by atoms with van der Waals surface area (Å²) in [5, 5.41) is 0. The maximum Gasteiger partial charge on any atom is 0.306 e. The molecule has 0 amide bonds. The molecule has 7 nitrogen and oxygen atoms in total. The number of hydrogen-bond donors (Lipinski definition) is 2. The van der Waals surface area contributed by atoms with E-state index < -0.39 is 21.8 Å². The minimum atomic E-state index is -3.78. The van der Waals surface area contributed by atoms with Gasteiger partial charge in [-0.05, 0) is 70.0 Å². The summed E-state index contributed by atoms with van der Waals surface area (Å²) in [5.41, 5.74) is 5.33. The summed E-state index contributed by atoms with van der Waals surface area (Å²) in [4.78, 5) is 11.8. The zero-order valence-electron chi connectivity index (χ0n) is 16.9. The maximum absolute atomic E-state index is 12.5. The fourth-order valence-corrected chi connectivity index (χ4v) is 3.64. The van der Waals surface area contributed by atoms with Gasteiger partial charge in [0.1, 0.15) is 17.1 Å². The van der Waals surface area contributed by atoms with Crippen molar-refractivity contribution in [2.24, 2.45) is 5.73 Å². The normalized spacial score (nSPS) is 13.0. The molecule has 3 N–H and O–H groups in total. The third kappa shape index (κ3) is 8.23. The predicted octanol–water partition coefficient (Wildman–Crippen LogP) is 3.55. The Bertz CT molecular complexity index is 891. The number of hydrogen-bond acceptors (Lipinski definition) is 6. The van der Waals surface area contributed by atoms with Crippen molar-refractivity contribution in [3.63, 3.8) is 0 Å². The number of carbonyl (C=O) groups is 1. The van der Waals surface area contributed by atoms with Crippen molar-refractivity contribution >= 4 is 16.0 Å². The van der Waals surface area contributed by atoms with Gasteiger partial charge in [0.2, 0.25) is 10.0 Å². The first-order chi connectivity index (χ1) is 13.5. The number of nitrogens with one attached hydrogen (secondary N) is 1. The van der Waals surface area contributed by atoms with Gasteiger partial charge >= 0.3 is 5.97 Å². The molecule has 0 saturated heterocycles. The Kier molecular flexibility index (Phi) is 7.78. The molecule has 0 aliphatic heterocycles. The van der Waals surface area contributed by atoms with E-state index in [1.807, 2.05) is 30.3 Å². The lowest BCUT2D eigenvalue weighted by atomic mass is 10.2. The van der Waals surface area contributed by atoms with E-state index in [0.717, 1.165) is 0 Å². The maximum atomic E-state index is 12.5. The molecule has 0 bridgehead atoms. The molecule has 29 heavy (non-hydrogen) atoms. The van der Waals surface area contributed by atoms with Crippen LogP contribution < -0.4 is 15.2 Å². The van der Waals surface area contributed by atoms with Crippen LogP contribution in [0.2, 0.25) is 0 Å². The first kappa shape index (κ1) is 22.9. The molecule has 0 heterocycles. The Morgan fingerprint density at radius 3 is 2.21 bits per heavy atom. The minimum Gasteiger partial charge on any atom is -0.460 e. The largest absolute Gasteiger partial charge is 0.460 e. The lowest BCUT2D eigenvalue weighted by Crippen LogP contribution is -2.41. The molecule has 2 aromatic carbocycles. The second kappa shape index (κ2) is 9.87. The number of sulfonamides is 1. The zero-order valence-corrected chi connectivity index (χ0v) is 17.7. The van der Waals surface area contributed by atoms with E-state index in [0.29, 0.717) is 24.3 Å². The van der Waals surface area contributed by atoms with Gasteiger partial charge in [-0.2, -0.15) is 4.72 Å². The van der Waals surface area contributed by atoms with Crippen LogP contribution in [0.1, 0.15) is 40.0 Å². The fourth-order valence-electron chi connectivity index (χ4n) is 2.50. The van der Waals surface area contributed by atoms with Crippen LogP contribution in [0.15, 0.2) is 59.5 Å². The van der Waals surface area contributed by atoms with Gasteiger partial charge in [0, 0.05) is 6.42 Å². The van der Waals surface area contributed by atoms with E-state index in [1.165, 1.54) is 12.1 Å². The molecular weight excluding hydrogens is 392 g/mol. The standard InChI is InChI=1S/C21H28N2O5S/c1-21(2,3)28-20(24)11-7-10-19(22)23-29(25,26)18-14-12-17(13-15-18)27-16-8-5-4-6-9-16/h4-6,8-9,12-15,19,23H,7,10-11,22H2,1-3H3. The molecule has 2 aromatic rings. The summed E-state index contributed by atoms with van der Waals surface area (Å²) in [6, 6.07) is 15.3. The molecule has 158 valence electrons. The summed E-state index contributed by atoms with van der Waals surface area (Å²) in [5.74, 6) is 0.853. The molecule has 0 aromatic heterocycles. The highest BCUT2D eigenvalue weighted by Crippen LogP contribution is 2.22. The van der Waals surface area contributed by atoms with E-state index in [4.69, 9.17) is 15.2 Å². The van der Waals surface area contributed by atoms with Gasteiger partial charge in [-0.1, -0.05) is 18.2 Å². The first-order valence-electron chi connectivity index (χ1n) is 9.38. The molecular formula is C21H28N2O5S. The Hall–Kier alpha value is -2.42. The number of ether oxygens (including phenoxy) is 2. The summed E-state index contributed by atoms with van der Waals surface area (Å²) in [7, 11) is -3.78. The molecule has 8 heteroatoms. The fraction of sp³-hybridized carbons (Fsp3) is 0.381. The third-order valence-corrected chi connectivity index (χ3v) is 5.24. The summed E-state index contributed by atoms with van der Waals surface area (Å²) in [6.45, 7) is 5.38. The van der Waals surface area contributed by atoms with Crippen molar-refractivity contribution < 1.29 is 22.7 Å². The Morgan fingerprint density at radius 2 is 1.62 bits per heavy atom. The average molecular weight is 421 g/mol. The molecule has 0 saturated carbocycles. The molecule has 0 aliphatic rings. The Balaban J connectivity index is 1.85. The van der Waals surface area contributed by atoms with E-state index in [1.54, 1.807) is 32.9 Å². The summed E-state index contributed by atoms with van der Waals surface area (Å²) >= 11 is 0. The van der Waals surface area contributed by atoms with Crippen molar-refractivity contribution in [1.82, 2.24) is 4.72 Å². The van der Waals surface area contributed by atoms with Gasteiger partial charge in [-0.25, -0.2) is 8.42 Å². The van der Waals surface area contributed by atoms with Crippen LogP contribution in [0, 0.1) is 0 Å². The van der Waals surface area contributed by atoms with Crippen LogP contribution in [0.25, 0.3) is 0 Å². The SMILES string of the molecule is CC(C)(C)OC(=O)CCCC(N)NS(=O)(=O)c1ccc(Oc2ccccc2)cc1. The zero-order chi connectivity index (χ0) is 21.5. The minimum absolute atomic E-state index is 0.0838. The highest BCUT2D eigenvalue weighted by atomic mass is 32.2. The molecule has 0 radical (unpaired) electrons. The van der Waals surface area contributed by atoms with E-state index in [9.17, 15) is 13.2 Å². The second-order valence-corrected chi connectivity index (χ2v) is 9.31. The smallest absolute Gasteiger partial charge is 0.306 e. The Morgan fingerprint density at radius 1 is 1.03 bits per heavy atom. The second-order valence-electron chi connectivity index (χ2n) is 7.59. The van der Waals surface area contributed by atoms with E-state index in [-0.39, 0.29) is 17.3 Å². The van der Waals surface area contributed by atoms with Crippen molar-refractivity contribution in [3.05, 3.63) is 54.6 Å². The van der Waals surface area contributed by atoms with E-state index >= 15 is 0 Å². The highest BCUT2D eigenvalue weighted by Gasteiger charge is 2.19. The monoisotopic (exact) mass is 420 g/mol. The number of rotatable bonds is 9. The van der Waals surface area contributed by atoms with Gasteiger partial charge < -0.3 is 15.2 Å². The van der Waals surface area contributed by atoms with Crippen LogP contribution in [0.5, 0.6) is 11.5 Å². The highest BCUT2D eigenvalue weighted by molar-refractivity contribution is 7.89. The lowest BCUT2D eigenvalue weighted by Gasteiger charge is -2.20. The van der Waals surface area contributed by atoms with Crippen molar-refractivity contribution in [3.8, 4) is 11.5 Å². The first-order valence-corrected chi connectivity index (χ1v) is 10.9. The molecule has 0 aliphatic carbocycles. The summed E-state index contributed by atoms with van der Waals surface area (Å²) < 4.78 is 38.2. The molecule has 1 unspecified atom stereocenters. The third-order valence-electron chi connectivity index (χ3n) is 3.74. The molecule has 2 rings (SSSR count). The number of benzene rings is 2. The molecule has 1 atom stereocenters. The lowest BCUT2D eigenvalue weighted by molar-refractivity contribution is -0.154. The van der Waals surface area contributed by atoms with Gasteiger partial charge in [-0.3, -0.25) is 4.79 Å². The predicted molar refractivity (Wildman–Crippen MR) is 111 cm³/mol. The molecule has 0 spiro atoms. The average Bonchev–Trinajstić information content (AvgIpc) is 2.61. The number of esters is 1. The van der Waals surface area contributed by atoms with Crippen molar-refractivity contribution in [2.45, 2.75) is 56.7 Å². The number of nitrogens with two attached hydrogens (primary N) is 1. The van der Waals surface area contributed by atoms with Crippen molar-refractivity contribution in [1.29, 1.82) is 0 Å². The van der Waals surface area contributed by atoms with Gasteiger partial charge in [0.15, 0.2) is 0 Å². The quantitative estimate of drug-likeness (QED) is 0.474. The summed E-state index contributed by atoms with van der Waals surface area (Å²) in [6.07, 6.45) is 0.108. The topological polar surface area (TPSA) is 108 Å². The number of para-hydroxylation sites is 1. The van der Waals surface area contributed by atoms with Crippen LogP contribution >= 0.6 is 0 Å². The van der Waals surface area contributed by atoms with Crippen LogP contribution in [0.3, 0.4) is 0 Å². The van der Waals surface area contributed by atoms with Gasteiger partial charge in [0.05, 0.1) is 11.1 Å². The van der Waals surface area contributed by atoms with Crippen LogP contribution in [-0.4, -0.2) is 26.2 Å². The van der Waals surface area contributed by atoms with Crippen molar-refractivity contribution in [2.75, 3.05) is 0 Å². The molecule has 0 fully saturated rings.